The molecule has 0 saturated carbocycles. The molecular formula is C50H29N5. The molecule has 11 rings (SSSR count). The number of hydrogen-bond acceptors (Lipinski definition) is 0. The Kier molecular flexibility index (Phi) is 6.61. The molecule has 0 atom stereocenters. The van der Waals surface area contributed by atoms with E-state index in [0.29, 0.717) is 11.4 Å². The lowest BCUT2D eigenvalue weighted by molar-refractivity contribution is 1.13. The number of rotatable bonds is 4. The van der Waals surface area contributed by atoms with E-state index in [2.05, 4.69) is 169 Å². The third kappa shape index (κ3) is 4.45. The van der Waals surface area contributed by atoms with Gasteiger partial charge in [0.25, 0.3) is 0 Å². The predicted molar refractivity (Wildman–Crippen MR) is 227 cm³/mol. The molecule has 0 N–H and O–H groups in total. The van der Waals surface area contributed by atoms with Crippen LogP contribution >= 0.6 is 0 Å². The van der Waals surface area contributed by atoms with Crippen LogP contribution in [0.4, 0.5) is 11.4 Å². The van der Waals surface area contributed by atoms with Gasteiger partial charge in [-0.2, -0.15) is 0 Å². The Balaban J connectivity index is 1.16. The van der Waals surface area contributed by atoms with E-state index in [1.807, 2.05) is 30.3 Å². The Morgan fingerprint density at radius 3 is 1.58 bits per heavy atom. The van der Waals surface area contributed by atoms with Crippen LogP contribution in [0.5, 0.6) is 0 Å². The van der Waals surface area contributed by atoms with Gasteiger partial charge in [0, 0.05) is 38.3 Å². The maximum absolute atomic E-state index is 8.26. The van der Waals surface area contributed by atoms with Gasteiger partial charge >= 0.3 is 0 Å². The summed E-state index contributed by atoms with van der Waals surface area (Å²) in [6.07, 6.45) is 0. The molecule has 0 aliphatic rings. The Labute approximate surface area is 316 Å². The zero-order valence-electron chi connectivity index (χ0n) is 29.5. The number of nitrogens with zero attached hydrogens (tertiary/aromatic N) is 5. The Hall–Kier alpha value is -7.86. The minimum atomic E-state index is 0.591. The van der Waals surface area contributed by atoms with Gasteiger partial charge in [-0.15, -0.1) is 0 Å². The number of aromatic nitrogens is 3. The van der Waals surface area contributed by atoms with Gasteiger partial charge in [-0.3, -0.25) is 0 Å². The van der Waals surface area contributed by atoms with Gasteiger partial charge in [0.05, 0.1) is 51.9 Å². The molecule has 5 nitrogen and oxygen atoms in total. The van der Waals surface area contributed by atoms with Crippen LogP contribution in [-0.2, 0) is 0 Å². The molecule has 0 spiro atoms. The van der Waals surface area contributed by atoms with Crippen molar-refractivity contribution in [1.29, 1.82) is 0 Å². The van der Waals surface area contributed by atoms with Gasteiger partial charge in [-0.25, -0.2) is 9.69 Å². The van der Waals surface area contributed by atoms with Gasteiger partial charge in [0.2, 0.25) is 0 Å². The molecule has 0 saturated heterocycles. The lowest BCUT2D eigenvalue weighted by Crippen LogP contribution is -2.01. The average molecular weight is 700 g/mol. The van der Waals surface area contributed by atoms with Crippen molar-refractivity contribution in [2.45, 2.75) is 0 Å². The van der Waals surface area contributed by atoms with E-state index in [1.54, 1.807) is 0 Å². The van der Waals surface area contributed by atoms with Gasteiger partial charge < -0.3 is 13.7 Å². The van der Waals surface area contributed by atoms with Crippen molar-refractivity contribution >= 4 is 76.8 Å². The Bertz CT molecular complexity index is 3420. The average Bonchev–Trinajstić information content (AvgIpc) is 3.89. The summed E-state index contributed by atoms with van der Waals surface area (Å²) in [5.41, 5.74) is 12.7. The minimum absolute atomic E-state index is 0.591. The normalized spacial score (nSPS) is 11.6. The third-order valence-corrected chi connectivity index (χ3v) is 11.1. The molecule has 3 heterocycles. The monoisotopic (exact) mass is 699 g/mol. The summed E-state index contributed by atoms with van der Waals surface area (Å²) >= 11 is 0. The van der Waals surface area contributed by atoms with Crippen molar-refractivity contribution in [2.75, 3.05) is 0 Å². The molecule has 55 heavy (non-hydrogen) atoms. The highest BCUT2D eigenvalue weighted by atomic mass is 15.1. The van der Waals surface area contributed by atoms with Crippen LogP contribution < -0.4 is 0 Å². The molecule has 0 radical (unpaired) electrons. The molecule has 0 unspecified atom stereocenters. The summed E-state index contributed by atoms with van der Waals surface area (Å²) in [4.78, 5) is 7.74. The lowest BCUT2D eigenvalue weighted by Gasteiger charge is -2.16. The highest BCUT2D eigenvalue weighted by Crippen LogP contribution is 2.42. The fourth-order valence-electron chi connectivity index (χ4n) is 8.74. The van der Waals surface area contributed by atoms with E-state index in [0.717, 1.165) is 72.1 Å². The minimum Gasteiger partial charge on any atom is -0.309 e. The van der Waals surface area contributed by atoms with Crippen LogP contribution in [0.2, 0.25) is 0 Å². The fraction of sp³-hybridized carbons (Fsp3) is 0. The molecule has 11 aromatic rings. The Morgan fingerprint density at radius 2 is 0.909 bits per heavy atom. The van der Waals surface area contributed by atoms with Crippen molar-refractivity contribution in [3.05, 3.63) is 199 Å². The summed E-state index contributed by atoms with van der Waals surface area (Å²) in [5, 5.41) is 6.92. The van der Waals surface area contributed by atoms with Crippen LogP contribution in [0.1, 0.15) is 0 Å². The van der Waals surface area contributed by atoms with E-state index in [9.17, 15) is 0 Å². The zero-order valence-corrected chi connectivity index (χ0v) is 29.5. The Morgan fingerprint density at radius 1 is 0.364 bits per heavy atom. The van der Waals surface area contributed by atoms with E-state index < -0.39 is 0 Å². The van der Waals surface area contributed by atoms with Gasteiger partial charge in [0.15, 0.2) is 11.4 Å². The highest BCUT2D eigenvalue weighted by Gasteiger charge is 2.21. The van der Waals surface area contributed by atoms with E-state index in [4.69, 9.17) is 13.1 Å². The second-order valence-corrected chi connectivity index (χ2v) is 13.9. The van der Waals surface area contributed by atoms with E-state index in [-0.39, 0.29) is 0 Å². The van der Waals surface area contributed by atoms with Crippen molar-refractivity contribution in [2.24, 2.45) is 0 Å². The van der Waals surface area contributed by atoms with Crippen LogP contribution in [-0.4, -0.2) is 13.7 Å². The molecule has 0 aliphatic carbocycles. The SMILES string of the molecule is [C-]#[N+]c1ccc2c(c1)c1ccccc1n2-c1cccc(-c2cc(-n3c4ccccc4c4cccc(-n5c6ccccc6c6ccccc65)c43)ccc2[N+]#[C-])c1. The third-order valence-electron chi connectivity index (χ3n) is 11.1. The first kappa shape index (κ1) is 30.7. The largest absolute Gasteiger partial charge is 0.309 e. The predicted octanol–water partition coefficient (Wildman–Crippen LogP) is 13.7. The number of fused-ring (bicyclic) bond motifs is 9. The van der Waals surface area contributed by atoms with Crippen LogP contribution in [0.25, 0.3) is 103 Å². The number of para-hydroxylation sites is 5. The number of hydrogen-bond donors (Lipinski definition) is 0. The van der Waals surface area contributed by atoms with E-state index in [1.165, 1.54) is 21.5 Å². The standard InChI is InChI=1S/C50H29N5/c1-51-33-25-28-48-42(30-33)39-18-6-7-20-44(39)53(48)34-14-11-13-32(29-34)41-31-35(26-27-43(41)52-2)54-45-21-8-5-17-38(45)40-19-12-24-49(50(40)54)55-46-22-9-3-15-36(46)37-16-4-10-23-47(37)55/h3-31H. The first-order valence-electron chi connectivity index (χ1n) is 18.3. The molecule has 5 heteroatoms. The fourth-order valence-corrected chi connectivity index (χ4v) is 8.74. The summed E-state index contributed by atoms with van der Waals surface area (Å²) in [6, 6.07) is 61.4. The summed E-state index contributed by atoms with van der Waals surface area (Å²) in [6.45, 7) is 15.9. The zero-order chi connectivity index (χ0) is 36.6. The molecule has 254 valence electrons. The first-order valence-corrected chi connectivity index (χ1v) is 18.3. The van der Waals surface area contributed by atoms with Gasteiger partial charge in [-0.1, -0.05) is 109 Å². The molecule has 0 bridgehead atoms. The number of benzene rings is 8. The molecule has 0 fully saturated rings. The van der Waals surface area contributed by atoms with Crippen LogP contribution in [0, 0.1) is 13.1 Å². The second-order valence-electron chi connectivity index (χ2n) is 13.9. The van der Waals surface area contributed by atoms with Gasteiger partial charge in [-0.05, 0) is 83.2 Å². The molecule has 8 aromatic carbocycles. The first-order chi connectivity index (χ1) is 27.2. The maximum Gasteiger partial charge on any atom is 0.195 e. The molecule has 3 aromatic heterocycles. The van der Waals surface area contributed by atoms with Crippen molar-refractivity contribution in [3.63, 3.8) is 0 Å². The second kappa shape index (κ2) is 11.8. The summed E-state index contributed by atoms with van der Waals surface area (Å²) in [7, 11) is 0. The highest BCUT2D eigenvalue weighted by molar-refractivity contribution is 6.15. The van der Waals surface area contributed by atoms with Crippen LogP contribution in [0.3, 0.4) is 0 Å². The smallest absolute Gasteiger partial charge is 0.195 e. The summed E-state index contributed by atoms with van der Waals surface area (Å²) < 4.78 is 7.02. The molecule has 0 aliphatic heterocycles. The summed E-state index contributed by atoms with van der Waals surface area (Å²) in [5.74, 6) is 0. The molecular weight excluding hydrogens is 671 g/mol. The molecule has 0 amide bonds. The lowest BCUT2D eigenvalue weighted by atomic mass is 10.0. The topological polar surface area (TPSA) is 23.5 Å². The van der Waals surface area contributed by atoms with Crippen molar-refractivity contribution in [3.8, 4) is 28.2 Å². The quantitative estimate of drug-likeness (QED) is 0.163. The van der Waals surface area contributed by atoms with Gasteiger partial charge in [0.1, 0.15) is 0 Å². The van der Waals surface area contributed by atoms with Crippen molar-refractivity contribution in [1.82, 2.24) is 13.7 Å². The maximum atomic E-state index is 8.26. The van der Waals surface area contributed by atoms with E-state index >= 15 is 0 Å². The van der Waals surface area contributed by atoms with Crippen LogP contribution in [0.15, 0.2) is 176 Å². The van der Waals surface area contributed by atoms with Crippen molar-refractivity contribution < 1.29 is 0 Å².